The van der Waals surface area contributed by atoms with Crippen LogP contribution in [-0.4, -0.2) is 43.0 Å². The lowest BCUT2D eigenvalue weighted by atomic mass is 9.89. The summed E-state index contributed by atoms with van der Waals surface area (Å²) >= 11 is 0. The predicted octanol–water partition coefficient (Wildman–Crippen LogP) is 7.07. The lowest BCUT2D eigenvalue weighted by Crippen LogP contribution is -2.26. The Bertz CT molecular complexity index is 1200. The smallest absolute Gasteiger partial charge is 0.338 e. The second-order valence-electron chi connectivity index (χ2n) is 10.6. The Morgan fingerprint density at radius 3 is 2.00 bits per heavy atom. The molecule has 0 aliphatic heterocycles. The van der Waals surface area contributed by atoms with Gasteiger partial charge in [-0.25, -0.2) is 9.59 Å². The molecule has 7 nitrogen and oxygen atoms in total. The molecule has 224 valence electrons. The molecule has 0 radical (unpaired) electrons. The van der Waals surface area contributed by atoms with Gasteiger partial charge in [0.1, 0.15) is 12.2 Å². The van der Waals surface area contributed by atoms with Crippen molar-refractivity contribution in [3.05, 3.63) is 96.1 Å². The van der Waals surface area contributed by atoms with E-state index in [-0.39, 0.29) is 36.4 Å². The summed E-state index contributed by atoms with van der Waals surface area (Å²) in [6, 6.07) is 17.6. The largest absolute Gasteiger partial charge is 0.469 e. The van der Waals surface area contributed by atoms with Crippen LogP contribution in [0, 0.1) is 11.8 Å². The van der Waals surface area contributed by atoms with Gasteiger partial charge < -0.3 is 14.2 Å². The fraction of sp³-hybridized carbons (Fsp3) is 0.429. The molecule has 0 N–H and O–H groups in total. The standard InChI is InChI=1S/C35H42O7/c1-3-4-5-6-7-14-21-29-30(24-23-28(36)20-15-22-33(37)40-2)32(42-35(39)27-18-12-9-13-19-27)25-31(29)41-34(38)26-16-10-8-11-17-26/h7-14,16-19,23-24,29-32H,3-6,15,20-22,25H2,1-2H3/b14-7-,24-23+/t29-,30+,31-,32+/m1/s1. The number of methoxy groups -OCH3 is 1. The van der Waals surface area contributed by atoms with E-state index in [2.05, 4.69) is 23.8 Å². The van der Waals surface area contributed by atoms with Crippen LogP contribution >= 0.6 is 0 Å². The van der Waals surface area contributed by atoms with Crippen molar-refractivity contribution >= 4 is 23.7 Å². The highest BCUT2D eigenvalue weighted by Gasteiger charge is 2.45. The van der Waals surface area contributed by atoms with Crippen molar-refractivity contribution in [1.29, 1.82) is 0 Å². The van der Waals surface area contributed by atoms with Gasteiger partial charge in [-0.15, -0.1) is 0 Å². The minimum absolute atomic E-state index is 0.134. The Morgan fingerprint density at radius 1 is 0.786 bits per heavy atom. The number of hydrogen-bond donors (Lipinski definition) is 0. The molecule has 0 spiro atoms. The predicted molar refractivity (Wildman–Crippen MR) is 161 cm³/mol. The van der Waals surface area contributed by atoms with Crippen molar-refractivity contribution < 1.29 is 33.4 Å². The van der Waals surface area contributed by atoms with Crippen LogP contribution in [0.3, 0.4) is 0 Å². The normalized spacial score (nSPS) is 20.0. The van der Waals surface area contributed by atoms with Crippen molar-refractivity contribution in [2.75, 3.05) is 7.11 Å². The van der Waals surface area contributed by atoms with Gasteiger partial charge in [0, 0.05) is 31.1 Å². The fourth-order valence-electron chi connectivity index (χ4n) is 5.18. The van der Waals surface area contributed by atoms with Crippen LogP contribution in [0.15, 0.2) is 85.0 Å². The second kappa shape index (κ2) is 17.7. The van der Waals surface area contributed by atoms with Crippen LogP contribution in [-0.2, 0) is 23.8 Å². The van der Waals surface area contributed by atoms with Gasteiger partial charge in [-0.05, 0) is 56.0 Å². The zero-order chi connectivity index (χ0) is 30.2. The van der Waals surface area contributed by atoms with Crippen molar-refractivity contribution in [2.45, 2.75) is 76.9 Å². The molecule has 0 unspecified atom stereocenters. The summed E-state index contributed by atoms with van der Waals surface area (Å²) in [5.74, 6) is -1.94. The molecule has 3 rings (SSSR count). The highest BCUT2D eigenvalue weighted by atomic mass is 16.6. The third-order valence-electron chi connectivity index (χ3n) is 7.49. The van der Waals surface area contributed by atoms with Crippen molar-refractivity contribution in [3.63, 3.8) is 0 Å². The molecule has 2 aromatic carbocycles. The average Bonchev–Trinajstić information content (AvgIpc) is 3.33. The fourth-order valence-corrected chi connectivity index (χ4v) is 5.18. The molecule has 42 heavy (non-hydrogen) atoms. The van der Waals surface area contributed by atoms with E-state index < -0.39 is 24.1 Å². The summed E-state index contributed by atoms with van der Waals surface area (Å²) in [6.45, 7) is 2.17. The molecule has 1 aliphatic rings. The third kappa shape index (κ3) is 10.4. The van der Waals surface area contributed by atoms with Gasteiger partial charge in [-0.3, -0.25) is 9.59 Å². The molecule has 7 heteroatoms. The number of unbranched alkanes of at least 4 members (excludes halogenated alkanes) is 3. The van der Waals surface area contributed by atoms with Crippen molar-refractivity contribution in [2.24, 2.45) is 11.8 Å². The number of rotatable bonds is 16. The Balaban J connectivity index is 1.83. The minimum Gasteiger partial charge on any atom is -0.469 e. The van der Waals surface area contributed by atoms with E-state index >= 15 is 0 Å². The summed E-state index contributed by atoms with van der Waals surface area (Å²) in [7, 11) is 1.32. The van der Waals surface area contributed by atoms with E-state index in [1.165, 1.54) is 13.2 Å². The Kier molecular flexibility index (Phi) is 13.7. The first-order valence-corrected chi connectivity index (χ1v) is 14.9. The summed E-state index contributed by atoms with van der Waals surface area (Å²) in [6.07, 6.45) is 12.5. The monoisotopic (exact) mass is 574 g/mol. The zero-order valence-electron chi connectivity index (χ0n) is 24.6. The molecular weight excluding hydrogens is 532 g/mol. The first-order chi connectivity index (χ1) is 20.4. The van der Waals surface area contributed by atoms with Crippen LogP contribution in [0.25, 0.3) is 0 Å². The Labute approximate surface area is 248 Å². The first kappa shape index (κ1) is 32.5. The molecule has 0 saturated heterocycles. The van der Waals surface area contributed by atoms with E-state index in [0.29, 0.717) is 30.4 Å². The van der Waals surface area contributed by atoms with E-state index in [4.69, 9.17) is 9.47 Å². The molecule has 1 aliphatic carbocycles. The van der Waals surface area contributed by atoms with Gasteiger partial charge in [0.05, 0.1) is 18.2 Å². The number of ether oxygens (including phenoxy) is 3. The molecule has 1 fully saturated rings. The molecule has 0 amide bonds. The molecule has 0 aromatic heterocycles. The van der Waals surface area contributed by atoms with E-state index in [0.717, 1.165) is 25.7 Å². The van der Waals surface area contributed by atoms with Crippen LogP contribution in [0.2, 0.25) is 0 Å². The van der Waals surface area contributed by atoms with Crippen LogP contribution in [0.1, 0.15) is 85.4 Å². The number of carbonyl (C=O) groups excluding carboxylic acids is 4. The topological polar surface area (TPSA) is 96.0 Å². The van der Waals surface area contributed by atoms with Gasteiger partial charge in [-0.1, -0.05) is 74.4 Å². The minimum atomic E-state index is -0.594. The molecule has 2 aromatic rings. The Hall–Kier alpha value is -4.00. The summed E-state index contributed by atoms with van der Waals surface area (Å²) < 4.78 is 16.7. The molecule has 0 bridgehead atoms. The van der Waals surface area contributed by atoms with Crippen LogP contribution in [0.5, 0.6) is 0 Å². The summed E-state index contributed by atoms with van der Waals surface area (Å²) in [5.41, 5.74) is 0.875. The molecular formula is C35H42O7. The molecule has 4 atom stereocenters. The van der Waals surface area contributed by atoms with Gasteiger partial charge in [0.2, 0.25) is 0 Å². The molecule has 1 saturated carbocycles. The number of ketones is 1. The highest BCUT2D eigenvalue weighted by Crippen LogP contribution is 2.40. The van der Waals surface area contributed by atoms with Crippen LogP contribution in [0.4, 0.5) is 0 Å². The van der Waals surface area contributed by atoms with Gasteiger partial charge in [-0.2, -0.15) is 0 Å². The maximum atomic E-state index is 13.1. The summed E-state index contributed by atoms with van der Waals surface area (Å²) in [4.78, 5) is 50.2. The number of allylic oxidation sites excluding steroid dienone is 3. The first-order valence-electron chi connectivity index (χ1n) is 14.9. The van der Waals surface area contributed by atoms with E-state index in [9.17, 15) is 19.2 Å². The lowest BCUT2D eigenvalue weighted by Gasteiger charge is -2.23. The number of carbonyl (C=O) groups is 4. The van der Waals surface area contributed by atoms with Crippen LogP contribution < -0.4 is 0 Å². The Morgan fingerprint density at radius 2 is 1.40 bits per heavy atom. The maximum absolute atomic E-state index is 13.1. The number of hydrogen-bond acceptors (Lipinski definition) is 7. The average molecular weight is 575 g/mol. The van der Waals surface area contributed by atoms with E-state index in [1.54, 1.807) is 54.6 Å². The maximum Gasteiger partial charge on any atom is 0.338 e. The highest BCUT2D eigenvalue weighted by molar-refractivity contribution is 5.91. The second-order valence-corrected chi connectivity index (χ2v) is 10.6. The van der Waals surface area contributed by atoms with Gasteiger partial charge >= 0.3 is 17.9 Å². The third-order valence-corrected chi connectivity index (χ3v) is 7.49. The SMILES string of the molecule is CCCCC/C=C\C[C@@H]1[C@H](/C=C/C(=O)CCCC(=O)OC)[C@@H](OC(=O)c2ccccc2)C[C@H]1OC(=O)c1ccccc1. The van der Waals surface area contributed by atoms with Gasteiger partial charge in [0.25, 0.3) is 0 Å². The zero-order valence-corrected chi connectivity index (χ0v) is 24.6. The number of esters is 3. The van der Waals surface area contributed by atoms with Gasteiger partial charge in [0.15, 0.2) is 5.78 Å². The van der Waals surface area contributed by atoms with Crippen molar-refractivity contribution in [3.8, 4) is 0 Å². The number of benzene rings is 2. The quantitative estimate of drug-likeness (QED) is 0.0696. The lowest BCUT2D eigenvalue weighted by molar-refractivity contribution is -0.140. The van der Waals surface area contributed by atoms with E-state index in [1.807, 2.05) is 12.1 Å². The summed E-state index contributed by atoms with van der Waals surface area (Å²) in [5, 5.41) is 0. The molecule has 0 heterocycles. The van der Waals surface area contributed by atoms with Crippen molar-refractivity contribution in [1.82, 2.24) is 0 Å².